The molecule has 0 atom stereocenters. The van der Waals surface area contributed by atoms with Crippen molar-refractivity contribution in [2.24, 2.45) is 0 Å². The predicted octanol–water partition coefficient (Wildman–Crippen LogP) is 3.27. The number of rotatable bonds is 5. The van der Waals surface area contributed by atoms with Crippen molar-refractivity contribution in [2.75, 3.05) is 7.05 Å². The van der Waals surface area contributed by atoms with Crippen LogP contribution in [0, 0.1) is 13.8 Å². The minimum absolute atomic E-state index is 0.0682. The zero-order chi connectivity index (χ0) is 18.7. The van der Waals surface area contributed by atoms with Crippen LogP contribution in [0.4, 0.5) is 0 Å². The number of aryl methyl sites for hydroxylation is 2. The lowest BCUT2D eigenvalue weighted by Gasteiger charge is -2.06. The van der Waals surface area contributed by atoms with Crippen molar-refractivity contribution in [2.45, 2.75) is 26.8 Å². The van der Waals surface area contributed by atoms with Crippen LogP contribution < -0.4 is 10.6 Å². The molecule has 0 aliphatic heterocycles. The molecule has 2 aromatic carbocycles. The highest BCUT2D eigenvalue weighted by atomic mass is 16.3. The first-order valence-corrected chi connectivity index (χ1v) is 8.53. The minimum atomic E-state index is -0.127. The van der Waals surface area contributed by atoms with Gasteiger partial charge in [0.25, 0.3) is 5.91 Å². The molecule has 1 aromatic heterocycles. The Labute approximate surface area is 152 Å². The van der Waals surface area contributed by atoms with Crippen LogP contribution in [0.25, 0.3) is 11.0 Å². The van der Waals surface area contributed by atoms with Crippen molar-refractivity contribution in [3.05, 3.63) is 70.5 Å². The van der Waals surface area contributed by atoms with Gasteiger partial charge in [-0.15, -0.1) is 0 Å². The van der Waals surface area contributed by atoms with Gasteiger partial charge in [0.15, 0.2) is 0 Å². The maximum atomic E-state index is 12.3. The van der Waals surface area contributed by atoms with E-state index in [2.05, 4.69) is 16.7 Å². The van der Waals surface area contributed by atoms with Crippen LogP contribution in [0.3, 0.4) is 0 Å². The summed E-state index contributed by atoms with van der Waals surface area (Å²) in [6, 6.07) is 11.2. The van der Waals surface area contributed by atoms with E-state index in [-0.39, 0.29) is 18.2 Å². The monoisotopic (exact) mass is 350 g/mol. The standard InChI is InChI=1S/C21H22N2O3/c1-13-8-18-17(12-26-19(18)9-14(13)2)10-20(24)23-11-15-4-6-16(7-5-15)21(25)22-3/h4-9,12H,10-11H2,1-3H3,(H,22,25)(H,23,24). The number of nitrogens with one attached hydrogen (secondary N) is 2. The number of furan rings is 1. The molecule has 2 amide bonds. The average molecular weight is 350 g/mol. The summed E-state index contributed by atoms with van der Waals surface area (Å²) < 4.78 is 5.58. The smallest absolute Gasteiger partial charge is 0.251 e. The summed E-state index contributed by atoms with van der Waals surface area (Å²) in [6.45, 7) is 4.51. The van der Waals surface area contributed by atoms with E-state index in [1.165, 1.54) is 11.1 Å². The first-order valence-electron chi connectivity index (χ1n) is 8.53. The Balaban J connectivity index is 1.63. The number of hydrogen-bond acceptors (Lipinski definition) is 3. The third-order valence-electron chi connectivity index (χ3n) is 4.55. The molecule has 1 heterocycles. The van der Waals surface area contributed by atoms with E-state index in [4.69, 9.17) is 4.42 Å². The average Bonchev–Trinajstić information content (AvgIpc) is 3.01. The molecule has 0 aliphatic rings. The van der Waals surface area contributed by atoms with E-state index < -0.39 is 0 Å². The second-order valence-electron chi connectivity index (χ2n) is 6.42. The molecule has 0 fully saturated rings. The van der Waals surface area contributed by atoms with Gasteiger partial charge in [-0.2, -0.15) is 0 Å². The summed E-state index contributed by atoms with van der Waals surface area (Å²) in [5, 5.41) is 6.47. The van der Waals surface area contributed by atoms with Crippen LogP contribution in [0.1, 0.15) is 32.6 Å². The molecule has 5 nitrogen and oxygen atoms in total. The summed E-state index contributed by atoms with van der Waals surface area (Å²) >= 11 is 0. The van der Waals surface area contributed by atoms with E-state index >= 15 is 0 Å². The molecule has 5 heteroatoms. The lowest BCUT2D eigenvalue weighted by molar-refractivity contribution is -0.120. The quantitative estimate of drug-likeness (QED) is 0.742. The predicted molar refractivity (Wildman–Crippen MR) is 101 cm³/mol. The Morgan fingerprint density at radius 2 is 1.73 bits per heavy atom. The fourth-order valence-electron chi connectivity index (χ4n) is 2.83. The molecule has 0 aliphatic carbocycles. The molecule has 3 aromatic rings. The maximum absolute atomic E-state index is 12.3. The number of carbonyl (C=O) groups excluding carboxylic acids is 2. The molecule has 0 saturated carbocycles. The van der Waals surface area contributed by atoms with Gasteiger partial charge in [0, 0.05) is 30.1 Å². The van der Waals surface area contributed by atoms with Crippen molar-refractivity contribution < 1.29 is 14.0 Å². The molecule has 0 bridgehead atoms. The van der Waals surface area contributed by atoms with Gasteiger partial charge in [0.05, 0.1) is 12.7 Å². The van der Waals surface area contributed by atoms with Crippen molar-refractivity contribution in [1.82, 2.24) is 10.6 Å². The van der Waals surface area contributed by atoms with Crippen LogP contribution in [0.2, 0.25) is 0 Å². The first kappa shape index (κ1) is 17.7. The number of benzene rings is 2. The molecule has 0 spiro atoms. The fraction of sp³-hybridized carbons (Fsp3) is 0.238. The van der Waals surface area contributed by atoms with Crippen LogP contribution >= 0.6 is 0 Å². The third kappa shape index (κ3) is 3.77. The van der Waals surface area contributed by atoms with Gasteiger partial charge in [-0.05, 0) is 54.8 Å². The zero-order valence-electron chi connectivity index (χ0n) is 15.2. The highest BCUT2D eigenvalue weighted by molar-refractivity contribution is 5.94. The molecule has 26 heavy (non-hydrogen) atoms. The van der Waals surface area contributed by atoms with Crippen molar-refractivity contribution in [3.63, 3.8) is 0 Å². The highest BCUT2D eigenvalue weighted by Gasteiger charge is 2.12. The molecule has 3 rings (SSSR count). The van der Waals surface area contributed by atoms with Gasteiger partial charge < -0.3 is 15.1 Å². The lowest BCUT2D eigenvalue weighted by atomic mass is 10.0. The van der Waals surface area contributed by atoms with Gasteiger partial charge in [0.2, 0.25) is 5.91 Å². The lowest BCUT2D eigenvalue weighted by Crippen LogP contribution is -2.24. The van der Waals surface area contributed by atoms with Crippen molar-refractivity contribution in [3.8, 4) is 0 Å². The topological polar surface area (TPSA) is 71.3 Å². The summed E-state index contributed by atoms with van der Waals surface area (Å²) in [5.74, 6) is -0.195. The van der Waals surface area contributed by atoms with Gasteiger partial charge in [-0.25, -0.2) is 0 Å². The molecule has 134 valence electrons. The molecular formula is C21H22N2O3. The molecule has 0 unspecified atom stereocenters. The van der Waals surface area contributed by atoms with Gasteiger partial charge in [0.1, 0.15) is 5.58 Å². The van der Waals surface area contributed by atoms with Gasteiger partial charge in [-0.3, -0.25) is 9.59 Å². The van der Waals surface area contributed by atoms with E-state index in [0.717, 1.165) is 22.1 Å². The summed E-state index contributed by atoms with van der Waals surface area (Å²) in [4.78, 5) is 23.8. The highest BCUT2D eigenvalue weighted by Crippen LogP contribution is 2.25. The van der Waals surface area contributed by atoms with Gasteiger partial charge >= 0.3 is 0 Å². The molecule has 0 radical (unpaired) electrons. The van der Waals surface area contributed by atoms with E-state index in [1.807, 2.05) is 32.0 Å². The summed E-state index contributed by atoms with van der Waals surface area (Å²) in [6.07, 6.45) is 1.92. The maximum Gasteiger partial charge on any atom is 0.251 e. The van der Waals surface area contributed by atoms with Crippen LogP contribution in [-0.2, 0) is 17.8 Å². The minimum Gasteiger partial charge on any atom is -0.464 e. The van der Waals surface area contributed by atoms with Crippen molar-refractivity contribution >= 4 is 22.8 Å². The Hall–Kier alpha value is -3.08. The second-order valence-corrected chi connectivity index (χ2v) is 6.42. The van der Waals surface area contributed by atoms with Crippen LogP contribution in [-0.4, -0.2) is 18.9 Å². The summed E-state index contributed by atoms with van der Waals surface area (Å²) in [7, 11) is 1.60. The largest absolute Gasteiger partial charge is 0.464 e. The summed E-state index contributed by atoms with van der Waals surface area (Å²) in [5.41, 5.74) is 5.57. The van der Waals surface area contributed by atoms with E-state index in [0.29, 0.717) is 12.1 Å². The second kappa shape index (κ2) is 7.44. The Morgan fingerprint density at radius 1 is 1.04 bits per heavy atom. The van der Waals surface area contributed by atoms with Gasteiger partial charge in [-0.1, -0.05) is 12.1 Å². The first-order chi connectivity index (χ1) is 12.5. The number of fused-ring (bicyclic) bond motifs is 1. The zero-order valence-corrected chi connectivity index (χ0v) is 15.2. The van der Waals surface area contributed by atoms with E-state index in [9.17, 15) is 9.59 Å². The number of carbonyl (C=O) groups is 2. The normalized spacial score (nSPS) is 10.7. The number of hydrogen-bond donors (Lipinski definition) is 2. The molecule has 0 saturated heterocycles. The van der Waals surface area contributed by atoms with Crippen LogP contribution in [0.15, 0.2) is 47.1 Å². The van der Waals surface area contributed by atoms with Crippen LogP contribution in [0.5, 0.6) is 0 Å². The third-order valence-corrected chi connectivity index (χ3v) is 4.55. The number of amides is 2. The molecular weight excluding hydrogens is 328 g/mol. The molecule has 2 N–H and O–H groups in total. The Bertz CT molecular complexity index is 955. The Morgan fingerprint density at radius 3 is 2.42 bits per heavy atom. The Kier molecular flexibility index (Phi) is 5.07. The van der Waals surface area contributed by atoms with Crippen molar-refractivity contribution in [1.29, 1.82) is 0 Å². The SMILES string of the molecule is CNC(=O)c1ccc(CNC(=O)Cc2coc3cc(C)c(C)cc23)cc1. The fourth-order valence-corrected chi connectivity index (χ4v) is 2.83. The van der Waals surface area contributed by atoms with E-state index in [1.54, 1.807) is 25.4 Å².